The van der Waals surface area contributed by atoms with Crippen LogP contribution in [0.15, 0.2) is 72.8 Å². The van der Waals surface area contributed by atoms with Gasteiger partial charge in [0.05, 0.1) is 5.56 Å². The highest BCUT2D eigenvalue weighted by atomic mass is 16.6. The van der Waals surface area contributed by atoms with E-state index in [0.29, 0.717) is 17.1 Å². The van der Waals surface area contributed by atoms with Crippen LogP contribution in [0.4, 0.5) is 21.0 Å². The monoisotopic (exact) mass is 406 g/mol. The van der Waals surface area contributed by atoms with Gasteiger partial charge in [0, 0.05) is 11.4 Å². The standard InChI is InChI=1S/C22H18N2O6/c1-14-18(20(25)26)12-15(23-21(27)29-16-8-4-2-5-9-16)13-19(14)24-22(28)30-17-10-6-3-7-11-17/h2-13H,1H3,(H,23,27)(H,24,28)(H,25,26). The highest BCUT2D eigenvalue weighted by Gasteiger charge is 2.17. The second-order valence-electron chi connectivity index (χ2n) is 6.16. The zero-order valence-electron chi connectivity index (χ0n) is 15.9. The van der Waals surface area contributed by atoms with Crippen LogP contribution in [-0.2, 0) is 0 Å². The largest absolute Gasteiger partial charge is 0.478 e. The molecule has 0 saturated heterocycles. The molecule has 2 amide bonds. The highest BCUT2D eigenvalue weighted by molar-refractivity contribution is 5.98. The molecule has 3 aromatic carbocycles. The molecule has 3 N–H and O–H groups in total. The van der Waals surface area contributed by atoms with Gasteiger partial charge in [-0.1, -0.05) is 36.4 Å². The fourth-order valence-electron chi connectivity index (χ4n) is 2.61. The lowest BCUT2D eigenvalue weighted by atomic mass is 10.1. The van der Waals surface area contributed by atoms with Crippen molar-refractivity contribution in [3.8, 4) is 11.5 Å². The smallest absolute Gasteiger partial charge is 0.417 e. The number of hydrogen-bond donors (Lipinski definition) is 3. The van der Waals surface area contributed by atoms with Crippen LogP contribution in [0, 0.1) is 6.92 Å². The Bertz CT molecular complexity index is 1070. The normalized spacial score (nSPS) is 10.0. The van der Waals surface area contributed by atoms with E-state index in [1.165, 1.54) is 19.1 Å². The average Bonchev–Trinajstić information content (AvgIpc) is 2.71. The van der Waals surface area contributed by atoms with E-state index in [4.69, 9.17) is 9.47 Å². The van der Waals surface area contributed by atoms with Gasteiger partial charge < -0.3 is 14.6 Å². The molecular weight excluding hydrogens is 388 g/mol. The zero-order chi connectivity index (χ0) is 21.5. The van der Waals surface area contributed by atoms with E-state index >= 15 is 0 Å². The number of carboxylic acid groups (broad SMARTS) is 1. The number of carboxylic acids is 1. The molecule has 0 aliphatic heterocycles. The molecule has 0 atom stereocenters. The predicted molar refractivity (Wildman–Crippen MR) is 110 cm³/mol. The number of carbonyl (C=O) groups is 3. The number of rotatable bonds is 5. The maximum atomic E-state index is 12.2. The summed E-state index contributed by atoms with van der Waals surface area (Å²) in [5.74, 6) is -0.566. The molecule has 30 heavy (non-hydrogen) atoms. The van der Waals surface area contributed by atoms with Crippen molar-refractivity contribution < 1.29 is 29.0 Å². The number of carbonyl (C=O) groups excluding carboxylic acids is 2. The van der Waals surface area contributed by atoms with Crippen molar-refractivity contribution in [1.82, 2.24) is 0 Å². The SMILES string of the molecule is Cc1c(NC(=O)Oc2ccccc2)cc(NC(=O)Oc2ccccc2)cc1C(=O)O. The molecule has 0 radical (unpaired) electrons. The van der Waals surface area contributed by atoms with Crippen LogP contribution >= 0.6 is 0 Å². The van der Waals surface area contributed by atoms with E-state index in [1.807, 2.05) is 0 Å². The fraction of sp³-hybridized carbons (Fsp3) is 0.0455. The minimum absolute atomic E-state index is 0.0949. The summed E-state index contributed by atoms with van der Waals surface area (Å²) in [5.41, 5.74) is 0.511. The van der Waals surface area contributed by atoms with E-state index in [-0.39, 0.29) is 16.9 Å². The Morgan fingerprint density at radius 2 is 1.27 bits per heavy atom. The third-order valence-corrected chi connectivity index (χ3v) is 4.03. The number of aromatic carboxylic acids is 1. The van der Waals surface area contributed by atoms with Gasteiger partial charge >= 0.3 is 18.2 Å². The van der Waals surface area contributed by atoms with Crippen LogP contribution in [0.25, 0.3) is 0 Å². The van der Waals surface area contributed by atoms with Gasteiger partial charge in [-0.25, -0.2) is 14.4 Å². The fourth-order valence-corrected chi connectivity index (χ4v) is 2.61. The Hall–Kier alpha value is -4.33. The molecular formula is C22H18N2O6. The first-order chi connectivity index (χ1) is 14.4. The molecule has 0 bridgehead atoms. The van der Waals surface area contributed by atoms with Gasteiger partial charge in [0.15, 0.2) is 0 Å². The van der Waals surface area contributed by atoms with Gasteiger partial charge in [-0.15, -0.1) is 0 Å². The van der Waals surface area contributed by atoms with E-state index in [2.05, 4.69) is 10.6 Å². The van der Waals surface area contributed by atoms with Crippen molar-refractivity contribution in [1.29, 1.82) is 0 Å². The average molecular weight is 406 g/mol. The van der Waals surface area contributed by atoms with E-state index in [9.17, 15) is 19.5 Å². The minimum Gasteiger partial charge on any atom is -0.478 e. The predicted octanol–water partition coefficient (Wildman–Crippen LogP) is 4.92. The molecule has 3 rings (SSSR count). The summed E-state index contributed by atoms with van der Waals surface area (Å²) in [6.45, 7) is 1.54. The third kappa shape index (κ3) is 5.35. The molecule has 3 aromatic rings. The Balaban J connectivity index is 1.79. The second kappa shape index (κ2) is 9.24. The molecule has 0 unspecified atom stereocenters. The van der Waals surface area contributed by atoms with Crippen molar-refractivity contribution in [3.63, 3.8) is 0 Å². The number of para-hydroxylation sites is 2. The van der Waals surface area contributed by atoms with Crippen LogP contribution in [-0.4, -0.2) is 23.3 Å². The topological polar surface area (TPSA) is 114 Å². The Kier molecular flexibility index (Phi) is 6.29. The third-order valence-electron chi connectivity index (χ3n) is 4.03. The van der Waals surface area contributed by atoms with Crippen LogP contribution in [0.5, 0.6) is 11.5 Å². The van der Waals surface area contributed by atoms with Crippen LogP contribution in [0.3, 0.4) is 0 Å². The first kappa shape index (κ1) is 20.4. The molecule has 0 aliphatic rings. The molecule has 152 valence electrons. The number of benzene rings is 3. The van der Waals surface area contributed by atoms with Crippen LogP contribution in [0.2, 0.25) is 0 Å². The number of hydrogen-bond acceptors (Lipinski definition) is 5. The Morgan fingerprint density at radius 1 is 0.767 bits per heavy atom. The van der Waals surface area contributed by atoms with Crippen molar-refractivity contribution in [2.24, 2.45) is 0 Å². The van der Waals surface area contributed by atoms with E-state index in [1.54, 1.807) is 60.7 Å². The van der Waals surface area contributed by atoms with Crippen molar-refractivity contribution >= 4 is 29.5 Å². The maximum absolute atomic E-state index is 12.2. The Labute approximate surface area is 172 Å². The number of nitrogens with one attached hydrogen (secondary N) is 2. The number of amides is 2. The first-order valence-electron chi connectivity index (χ1n) is 8.88. The lowest BCUT2D eigenvalue weighted by Gasteiger charge is -2.14. The molecule has 0 heterocycles. The van der Waals surface area contributed by atoms with Gasteiger partial charge in [-0.05, 0) is 48.9 Å². The van der Waals surface area contributed by atoms with Gasteiger partial charge in [0.25, 0.3) is 0 Å². The lowest BCUT2D eigenvalue weighted by molar-refractivity contribution is 0.0696. The maximum Gasteiger partial charge on any atom is 0.417 e. The van der Waals surface area contributed by atoms with Crippen molar-refractivity contribution in [2.45, 2.75) is 6.92 Å². The number of ether oxygens (including phenoxy) is 2. The molecule has 8 nitrogen and oxygen atoms in total. The molecule has 0 saturated carbocycles. The quantitative estimate of drug-likeness (QED) is 0.554. The molecule has 0 fully saturated rings. The van der Waals surface area contributed by atoms with Gasteiger partial charge in [-0.2, -0.15) is 0 Å². The Morgan fingerprint density at radius 3 is 1.77 bits per heavy atom. The first-order valence-corrected chi connectivity index (χ1v) is 8.88. The van der Waals surface area contributed by atoms with Gasteiger partial charge in [0.1, 0.15) is 11.5 Å². The summed E-state index contributed by atoms with van der Waals surface area (Å²) in [5, 5.41) is 14.4. The molecule has 8 heteroatoms. The van der Waals surface area contributed by atoms with Crippen LogP contribution in [0.1, 0.15) is 15.9 Å². The van der Waals surface area contributed by atoms with Gasteiger partial charge in [-0.3, -0.25) is 10.6 Å². The van der Waals surface area contributed by atoms with Crippen molar-refractivity contribution in [2.75, 3.05) is 10.6 Å². The molecule has 0 aliphatic carbocycles. The summed E-state index contributed by atoms with van der Waals surface area (Å²) >= 11 is 0. The summed E-state index contributed by atoms with van der Waals surface area (Å²) in [6.07, 6.45) is -1.61. The lowest BCUT2D eigenvalue weighted by Crippen LogP contribution is -2.20. The minimum atomic E-state index is -1.22. The summed E-state index contributed by atoms with van der Waals surface area (Å²) < 4.78 is 10.3. The summed E-state index contributed by atoms with van der Waals surface area (Å²) in [6, 6.07) is 19.5. The van der Waals surface area contributed by atoms with Crippen molar-refractivity contribution in [3.05, 3.63) is 83.9 Å². The highest BCUT2D eigenvalue weighted by Crippen LogP contribution is 2.26. The number of anilines is 2. The summed E-state index contributed by atoms with van der Waals surface area (Å²) in [7, 11) is 0. The molecule has 0 spiro atoms. The second-order valence-corrected chi connectivity index (χ2v) is 6.16. The molecule has 0 aromatic heterocycles. The zero-order valence-corrected chi connectivity index (χ0v) is 15.9. The van der Waals surface area contributed by atoms with E-state index < -0.39 is 18.2 Å². The van der Waals surface area contributed by atoms with Crippen LogP contribution < -0.4 is 20.1 Å². The van der Waals surface area contributed by atoms with Gasteiger partial charge in [0.2, 0.25) is 0 Å². The summed E-state index contributed by atoms with van der Waals surface area (Å²) in [4.78, 5) is 35.9. The van der Waals surface area contributed by atoms with E-state index in [0.717, 1.165) is 0 Å².